The lowest BCUT2D eigenvalue weighted by Crippen LogP contribution is -2.12. The lowest BCUT2D eigenvalue weighted by Gasteiger charge is -2.12. The van der Waals surface area contributed by atoms with Crippen molar-refractivity contribution in [1.82, 2.24) is 4.98 Å². The number of hydrogen-bond acceptors (Lipinski definition) is 2. The molecule has 0 aliphatic rings. The van der Waals surface area contributed by atoms with E-state index in [2.05, 4.69) is 24.1 Å². The van der Waals surface area contributed by atoms with E-state index in [9.17, 15) is 0 Å². The van der Waals surface area contributed by atoms with Gasteiger partial charge in [0.25, 0.3) is 0 Å². The topological polar surface area (TPSA) is 24.9 Å². The highest BCUT2D eigenvalue weighted by atomic mass is 35.5. The molecule has 1 rings (SSSR count). The monoisotopic (exact) mass is 212 g/mol. The van der Waals surface area contributed by atoms with Crippen LogP contribution in [0.3, 0.4) is 0 Å². The summed E-state index contributed by atoms with van der Waals surface area (Å²) in [5, 5.41) is 4.01. The Bertz CT molecular complexity index is 299. The third-order valence-corrected chi connectivity index (χ3v) is 2.57. The molecule has 1 heterocycles. The Morgan fingerprint density at radius 1 is 1.57 bits per heavy atom. The van der Waals surface area contributed by atoms with Crippen molar-refractivity contribution >= 4 is 17.4 Å². The van der Waals surface area contributed by atoms with Crippen molar-refractivity contribution in [3.63, 3.8) is 0 Å². The summed E-state index contributed by atoms with van der Waals surface area (Å²) in [7, 11) is 0. The molecular formula is C11H17ClN2. The van der Waals surface area contributed by atoms with Crippen molar-refractivity contribution in [2.24, 2.45) is 5.92 Å². The minimum atomic E-state index is 0.673. The van der Waals surface area contributed by atoms with Crippen LogP contribution in [0.1, 0.15) is 25.8 Å². The van der Waals surface area contributed by atoms with Crippen LogP contribution in [0.2, 0.25) is 5.02 Å². The van der Waals surface area contributed by atoms with Crippen molar-refractivity contribution in [3.05, 3.63) is 22.8 Å². The molecular weight excluding hydrogens is 196 g/mol. The van der Waals surface area contributed by atoms with E-state index in [4.69, 9.17) is 11.6 Å². The first kappa shape index (κ1) is 11.3. The van der Waals surface area contributed by atoms with Crippen LogP contribution in [0, 0.1) is 12.8 Å². The molecule has 78 valence electrons. The number of pyridine rings is 1. The lowest BCUT2D eigenvalue weighted by atomic mass is 10.1. The highest BCUT2D eigenvalue weighted by Gasteiger charge is 2.02. The minimum Gasteiger partial charge on any atom is -0.370 e. The average molecular weight is 213 g/mol. The Morgan fingerprint density at radius 3 is 2.86 bits per heavy atom. The fraction of sp³-hybridized carbons (Fsp3) is 0.545. The van der Waals surface area contributed by atoms with Gasteiger partial charge in [-0.3, -0.25) is 0 Å². The number of aromatic nitrogens is 1. The van der Waals surface area contributed by atoms with Gasteiger partial charge in [0.15, 0.2) is 0 Å². The van der Waals surface area contributed by atoms with Crippen molar-refractivity contribution < 1.29 is 0 Å². The molecule has 1 atom stereocenters. The summed E-state index contributed by atoms with van der Waals surface area (Å²) in [4.78, 5) is 4.24. The molecule has 1 unspecified atom stereocenters. The van der Waals surface area contributed by atoms with E-state index in [0.717, 1.165) is 17.9 Å². The largest absolute Gasteiger partial charge is 0.370 e. The van der Waals surface area contributed by atoms with E-state index >= 15 is 0 Å². The zero-order valence-electron chi connectivity index (χ0n) is 8.97. The summed E-state index contributed by atoms with van der Waals surface area (Å²) in [5.74, 6) is 1.61. The molecule has 0 aromatic carbocycles. The van der Waals surface area contributed by atoms with Gasteiger partial charge in [0.05, 0.1) is 5.02 Å². The minimum absolute atomic E-state index is 0.673. The van der Waals surface area contributed by atoms with E-state index in [1.54, 1.807) is 6.20 Å². The van der Waals surface area contributed by atoms with Crippen LogP contribution in [0.5, 0.6) is 0 Å². The molecule has 2 nitrogen and oxygen atoms in total. The van der Waals surface area contributed by atoms with Crippen molar-refractivity contribution in [2.45, 2.75) is 27.2 Å². The Kier molecular flexibility index (Phi) is 4.21. The lowest BCUT2D eigenvalue weighted by molar-refractivity contribution is 0.592. The molecule has 0 fully saturated rings. The second kappa shape index (κ2) is 5.20. The first-order valence-electron chi connectivity index (χ1n) is 4.99. The van der Waals surface area contributed by atoms with Crippen LogP contribution in [0.4, 0.5) is 5.82 Å². The molecule has 1 aromatic heterocycles. The molecule has 0 bridgehead atoms. The SMILES string of the molecule is CCC(C)CNc1ncc(Cl)cc1C. The van der Waals surface area contributed by atoms with Crippen LogP contribution in [-0.4, -0.2) is 11.5 Å². The number of hydrogen-bond donors (Lipinski definition) is 1. The molecule has 0 aliphatic carbocycles. The number of nitrogens with one attached hydrogen (secondary N) is 1. The van der Waals surface area contributed by atoms with Gasteiger partial charge in [-0.05, 0) is 24.5 Å². The highest BCUT2D eigenvalue weighted by molar-refractivity contribution is 6.30. The highest BCUT2D eigenvalue weighted by Crippen LogP contribution is 2.16. The number of aryl methyl sites for hydroxylation is 1. The summed E-state index contributed by atoms with van der Waals surface area (Å²) >= 11 is 5.82. The van der Waals surface area contributed by atoms with E-state index in [0.29, 0.717) is 10.9 Å². The van der Waals surface area contributed by atoms with Crippen LogP contribution in [0.25, 0.3) is 0 Å². The van der Waals surface area contributed by atoms with Gasteiger partial charge in [-0.15, -0.1) is 0 Å². The normalized spacial score (nSPS) is 12.6. The van der Waals surface area contributed by atoms with Crippen LogP contribution in [-0.2, 0) is 0 Å². The van der Waals surface area contributed by atoms with E-state index in [1.807, 2.05) is 13.0 Å². The molecule has 0 radical (unpaired) electrons. The third-order valence-electron chi connectivity index (χ3n) is 2.36. The first-order chi connectivity index (χ1) is 6.63. The number of rotatable bonds is 4. The van der Waals surface area contributed by atoms with Gasteiger partial charge in [0.2, 0.25) is 0 Å². The Hall–Kier alpha value is -0.760. The van der Waals surface area contributed by atoms with E-state index < -0.39 is 0 Å². The smallest absolute Gasteiger partial charge is 0.128 e. The fourth-order valence-corrected chi connectivity index (χ4v) is 1.35. The number of halogens is 1. The summed E-state index contributed by atoms with van der Waals surface area (Å²) < 4.78 is 0. The molecule has 0 amide bonds. The molecule has 3 heteroatoms. The average Bonchev–Trinajstić information content (AvgIpc) is 2.16. The second-order valence-electron chi connectivity index (χ2n) is 3.71. The maximum Gasteiger partial charge on any atom is 0.128 e. The van der Waals surface area contributed by atoms with Crippen molar-refractivity contribution in [3.8, 4) is 0 Å². The van der Waals surface area contributed by atoms with Gasteiger partial charge in [0, 0.05) is 12.7 Å². The quantitative estimate of drug-likeness (QED) is 0.827. The zero-order valence-corrected chi connectivity index (χ0v) is 9.73. The second-order valence-corrected chi connectivity index (χ2v) is 4.15. The van der Waals surface area contributed by atoms with Crippen molar-refractivity contribution in [2.75, 3.05) is 11.9 Å². The summed E-state index contributed by atoms with van der Waals surface area (Å²) in [6, 6.07) is 1.92. The van der Waals surface area contributed by atoms with Crippen LogP contribution >= 0.6 is 11.6 Å². The van der Waals surface area contributed by atoms with Gasteiger partial charge in [-0.25, -0.2) is 4.98 Å². The molecule has 1 aromatic rings. The van der Waals surface area contributed by atoms with Gasteiger partial charge >= 0.3 is 0 Å². The predicted octanol–water partition coefficient (Wildman–Crippen LogP) is 3.50. The maximum absolute atomic E-state index is 5.82. The van der Waals surface area contributed by atoms with Gasteiger partial charge in [-0.2, -0.15) is 0 Å². The Morgan fingerprint density at radius 2 is 2.29 bits per heavy atom. The summed E-state index contributed by atoms with van der Waals surface area (Å²) in [5.41, 5.74) is 1.10. The Balaban J connectivity index is 2.59. The maximum atomic E-state index is 5.82. The van der Waals surface area contributed by atoms with Crippen LogP contribution < -0.4 is 5.32 Å². The standard InChI is InChI=1S/C11H17ClN2/c1-4-8(2)6-13-11-9(3)5-10(12)7-14-11/h5,7-8H,4,6H2,1-3H3,(H,13,14). The first-order valence-corrected chi connectivity index (χ1v) is 5.37. The van der Waals surface area contributed by atoms with E-state index in [1.165, 1.54) is 6.42 Å². The van der Waals surface area contributed by atoms with Crippen LogP contribution in [0.15, 0.2) is 12.3 Å². The molecule has 0 saturated carbocycles. The van der Waals surface area contributed by atoms with Crippen molar-refractivity contribution in [1.29, 1.82) is 0 Å². The van der Waals surface area contributed by atoms with E-state index in [-0.39, 0.29) is 0 Å². The molecule has 0 spiro atoms. The zero-order chi connectivity index (χ0) is 10.6. The van der Waals surface area contributed by atoms with Gasteiger partial charge in [-0.1, -0.05) is 31.9 Å². The predicted molar refractivity (Wildman–Crippen MR) is 61.9 cm³/mol. The summed E-state index contributed by atoms with van der Waals surface area (Å²) in [6.45, 7) is 7.39. The number of nitrogens with zero attached hydrogens (tertiary/aromatic N) is 1. The molecule has 14 heavy (non-hydrogen) atoms. The fourth-order valence-electron chi connectivity index (χ4n) is 1.14. The van der Waals surface area contributed by atoms with Gasteiger partial charge in [0.1, 0.15) is 5.82 Å². The summed E-state index contributed by atoms with van der Waals surface area (Å²) in [6.07, 6.45) is 2.85. The third kappa shape index (κ3) is 3.18. The number of anilines is 1. The molecule has 0 aliphatic heterocycles. The molecule has 1 N–H and O–H groups in total. The molecule has 0 saturated heterocycles. The van der Waals surface area contributed by atoms with Gasteiger partial charge < -0.3 is 5.32 Å². The Labute approximate surface area is 90.7 Å².